The first-order valence-electron chi connectivity index (χ1n) is 14.3. The normalized spacial score (nSPS) is 51.1. The average Bonchev–Trinajstić information content (AvgIpc) is 2.73. The molecule has 0 amide bonds. The Morgan fingerprint density at radius 2 is 0.774 bits per heavy atom. The summed E-state index contributed by atoms with van der Waals surface area (Å²) in [5.74, 6) is 9.67. The van der Waals surface area contributed by atoms with E-state index in [0.29, 0.717) is 16.2 Å². The number of rotatable bonds is 6. The lowest BCUT2D eigenvalue weighted by Crippen LogP contribution is -2.54. The fourth-order valence-corrected chi connectivity index (χ4v) is 14.5. The van der Waals surface area contributed by atoms with Gasteiger partial charge in [-0.15, -0.1) is 7.92 Å². The van der Waals surface area contributed by atoms with Gasteiger partial charge in [-0.3, -0.25) is 0 Å². The Balaban J connectivity index is 1.18. The summed E-state index contributed by atoms with van der Waals surface area (Å²) in [4.78, 5) is 0. The third-order valence-electron chi connectivity index (χ3n) is 13.5. The van der Waals surface area contributed by atoms with Gasteiger partial charge in [-0.05, 0) is 146 Å². The molecule has 0 N–H and O–H groups in total. The first kappa shape index (κ1) is 21.9. The standard InChI is InChI=1S/C30H51P/c1-28(2)22-10-7-19(25(28)13-22)16-31(17-20-8-11-23-14-26(20)29(23,3)4)18-21-9-12-24-15-27(21)30(24,5)6/h19-27H,7-18H2,1-6H3/t19?,20?,21?,22-,23-,24-,25+,26+,27+,31?/m0/s1. The van der Waals surface area contributed by atoms with Gasteiger partial charge in [-0.25, -0.2) is 0 Å². The minimum atomic E-state index is 0.240. The molecule has 9 fully saturated rings. The first-order valence-corrected chi connectivity index (χ1v) is 16.2. The molecule has 1 heteroatoms. The highest BCUT2D eigenvalue weighted by atomic mass is 31.1. The molecule has 176 valence electrons. The topological polar surface area (TPSA) is 0 Å². The van der Waals surface area contributed by atoms with Crippen molar-refractivity contribution in [2.75, 3.05) is 18.5 Å². The van der Waals surface area contributed by atoms with Crippen LogP contribution in [-0.2, 0) is 0 Å². The molecule has 6 bridgehead atoms. The molecule has 0 radical (unpaired) electrons. The summed E-state index contributed by atoms with van der Waals surface area (Å²) in [7, 11) is 0.240. The van der Waals surface area contributed by atoms with Crippen molar-refractivity contribution in [1.82, 2.24) is 0 Å². The van der Waals surface area contributed by atoms with Gasteiger partial charge in [-0.2, -0.15) is 0 Å². The van der Waals surface area contributed by atoms with Crippen LogP contribution in [0.5, 0.6) is 0 Å². The molecule has 9 aliphatic carbocycles. The van der Waals surface area contributed by atoms with E-state index in [2.05, 4.69) is 41.5 Å². The fraction of sp³-hybridized carbons (Fsp3) is 1.00. The second-order valence-corrected chi connectivity index (χ2v) is 17.7. The predicted octanol–water partition coefficient (Wildman–Crippen LogP) is 8.69. The predicted molar refractivity (Wildman–Crippen MR) is 136 cm³/mol. The van der Waals surface area contributed by atoms with E-state index in [1.807, 2.05) is 0 Å². The lowest BCUT2D eigenvalue weighted by Gasteiger charge is -2.63. The van der Waals surface area contributed by atoms with E-state index in [9.17, 15) is 0 Å². The molecule has 0 nitrogen and oxygen atoms in total. The second kappa shape index (κ2) is 7.22. The average molecular weight is 443 g/mol. The van der Waals surface area contributed by atoms with Crippen LogP contribution in [-0.4, -0.2) is 18.5 Å². The van der Waals surface area contributed by atoms with Crippen LogP contribution in [0.2, 0.25) is 0 Å². The van der Waals surface area contributed by atoms with Crippen molar-refractivity contribution in [2.24, 2.45) is 69.5 Å². The second-order valence-electron chi connectivity index (χ2n) is 15.3. The minimum Gasteiger partial charge on any atom is -0.106 e. The van der Waals surface area contributed by atoms with Crippen molar-refractivity contribution in [3.63, 3.8) is 0 Å². The largest absolute Gasteiger partial charge is 0.106 e. The lowest BCUT2D eigenvalue weighted by molar-refractivity contribution is -0.101. The summed E-state index contributed by atoms with van der Waals surface area (Å²) in [6, 6.07) is 0. The maximum atomic E-state index is 2.62. The van der Waals surface area contributed by atoms with Crippen LogP contribution in [0.1, 0.15) is 99.3 Å². The zero-order valence-electron chi connectivity index (χ0n) is 21.6. The van der Waals surface area contributed by atoms with Crippen LogP contribution < -0.4 is 0 Å². The zero-order valence-corrected chi connectivity index (χ0v) is 22.5. The van der Waals surface area contributed by atoms with Gasteiger partial charge in [-0.1, -0.05) is 41.5 Å². The molecule has 0 spiro atoms. The molecule has 0 saturated heterocycles. The molecule has 31 heavy (non-hydrogen) atoms. The van der Waals surface area contributed by atoms with E-state index in [0.717, 1.165) is 53.3 Å². The van der Waals surface area contributed by atoms with Crippen LogP contribution >= 0.6 is 7.92 Å². The molecule has 9 atom stereocenters. The van der Waals surface area contributed by atoms with Crippen LogP contribution in [0.25, 0.3) is 0 Å². The third-order valence-corrected chi connectivity index (χ3v) is 16.4. The van der Waals surface area contributed by atoms with E-state index in [1.165, 1.54) is 0 Å². The zero-order chi connectivity index (χ0) is 21.8. The van der Waals surface area contributed by atoms with Crippen LogP contribution in [0.3, 0.4) is 0 Å². The van der Waals surface area contributed by atoms with E-state index in [4.69, 9.17) is 0 Å². The van der Waals surface area contributed by atoms with E-state index < -0.39 is 0 Å². The highest BCUT2D eigenvalue weighted by molar-refractivity contribution is 7.57. The molecular weight excluding hydrogens is 391 g/mol. The molecule has 0 aromatic rings. The van der Waals surface area contributed by atoms with Gasteiger partial charge in [0.05, 0.1) is 0 Å². The molecule has 0 heterocycles. The van der Waals surface area contributed by atoms with Crippen LogP contribution in [0.4, 0.5) is 0 Å². The van der Waals surface area contributed by atoms with Crippen molar-refractivity contribution in [3.8, 4) is 0 Å². The van der Waals surface area contributed by atoms with Gasteiger partial charge in [0.25, 0.3) is 0 Å². The molecule has 9 saturated carbocycles. The Hall–Kier alpha value is 0.430. The fourth-order valence-electron chi connectivity index (χ4n) is 10.8. The summed E-state index contributed by atoms with van der Waals surface area (Å²) >= 11 is 0. The van der Waals surface area contributed by atoms with Crippen molar-refractivity contribution in [3.05, 3.63) is 0 Å². The Morgan fingerprint density at radius 1 is 0.484 bits per heavy atom. The van der Waals surface area contributed by atoms with Gasteiger partial charge in [0.1, 0.15) is 0 Å². The molecule has 0 aromatic carbocycles. The summed E-state index contributed by atoms with van der Waals surface area (Å²) in [5, 5.41) is 0. The monoisotopic (exact) mass is 442 g/mol. The van der Waals surface area contributed by atoms with Gasteiger partial charge >= 0.3 is 0 Å². The summed E-state index contributed by atoms with van der Waals surface area (Å²) < 4.78 is 0. The number of hydrogen-bond acceptors (Lipinski definition) is 0. The molecular formula is C30H51P. The first-order chi connectivity index (χ1) is 14.6. The Morgan fingerprint density at radius 3 is 1.00 bits per heavy atom. The Kier molecular flexibility index (Phi) is 5.11. The Bertz CT molecular complexity index is 602. The highest BCUT2D eigenvalue weighted by Crippen LogP contribution is 2.68. The van der Waals surface area contributed by atoms with E-state index in [1.54, 1.807) is 76.3 Å². The highest BCUT2D eigenvalue weighted by Gasteiger charge is 2.57. The van der Waals surface area contributed by atoms with Crippen LogP contribution in [0, 0.1) is 69.5 Å². The molecule has 0 aromatic heterocycles. The summed E-state index contributed by atoms with van der Waals surface area (Å²) in [5.41, 5.74) is 2.02. The van der Waals surface area contributed by atoms with Gasteiger partial charge in [0.15, 0.2) is 0 Å². The molecule has 9 aliphatic rings. The van der Waals surface area contributed by atoms with Crippen molar-refractivity contribution in [1.29, 1.82) is 0 Å². The third kappa shape index (κ3) is 3.22. The molecule has 3 unspecified atom stereocenters. The summed E-state index contributed by atoms with van der Waals surface area (Å²) in [6.07, 6.45) is 19.2. The van der Waals surface area contributed by atoms with Crippen molar-refractivity contribution in [2.45, 2.75) is 99.3 Å². The van der Waals surface area contributed by atoms with E-state index >= 15 is 0 Å². The Labute approximate surface area is 195 Å². The SMILES string of the molecule is CC1(C)[C@H]2CCC(CP(CC3CC[C@H]4C[C@H]3C4(C)C)CC3CC[C@H]4C[C@H]3C4(C)C)[C@H]1C2. The lowest BCUT2D eigenvalue weighted by atomic mass is 9.46. The van der Waals surface area contributed by atoms with Crippen molar-refractivity contribution < 1.29 is 0 Å². The maximum Gasteiger partial charge on any atom is -0.0294 e. The molecule has 9 rings (SSSR count). The maximum absolute atomic E-state index is 2.62. The smallest absolute Gasteiger partial charge is 0.0294 e. The number of hydrogen-bond donors (Lipinski definition) is 0. The quantitative estimate of drug-likeness (QED) is 0.361. The molecule has 0 aliphatic heterocycles. The summed E-state index contributed by atoms with van der Waals surface area (Å²) in [6.45, 7) is 15.7. The van der Waals surface area contributed by atoms with Gasteiger partial charge in [0, 0.05) is 0 Å². The van der Waals surface area contributed by atoms with Crippen LogP contribution in [0.15, 0.2) is 0 Å². The van der Waals surface area contributed by atoms with Gasteiger partial charge in [0.2, 0.25) is 0 Å². The van der Waals surface area contributed by atoms with E-state index in [-0.39, 0.29) is 7.92 Å². The van der Waals surface area contributed by atoms with Crippen molar-refractivity contribution >= 4 is 7.92 Å². The minimum absolute atomic E-state index is 0.240. The number of fused-ring (bicyclic) bond motifs is 6. The van der Waals surface area contributed by atoms with Gasteiger partial charge < -0.3 is 0 Å².